The van der Waals surface area contributed by atoms with Crippen LogP contribution in [0.15, 0.2) is 97.1 Å². The Hall–Kier alpha value is -3.44. The molecule has 4 heteroatoms. The molecule has 1 aliphatic rings. The Balaban J connectivity index is 0.000000186. The summed E-state index contributed by atoms with van der Waals surface area (Å²) in [5, 5.41) is 15.3. The highest BCUT2D eigenvalue weighted by atomic mass is 16.5. The van der Waals surface area contributed by atoms with E-state index in [1.807, 2.05) is 30.3 Å². The van der Waals surface area contributed by atoms with Crippen molar-refractivity contribution in [3.05, 3.63) is 119 Å². The summed E-state index contributed by atoms with van der Waals surface area (Å²) >= 11 is 0. The van der Waals surface area contributed by atoms with Crippen LogP contribution in [0.3, 0.4) is 0 Å². The van der Waals surface area contributed by atoms with Crippen molar-refractivity contribution in [3.8, 4) is 5.75 Å². The van der Waals surface area contributed by atoms with Gasteiger partial charge in [-0.15, -0.1) is 0 Å². The number of aryl methyl sites for hydroxylation is 2. The first-order valence-corrected chi connectivity index (χ1v) is 14.5. The molecule has 4 aromatic carbocycles. The Morgan fingerprint density at radius 2 is 1.43 bits per heavy atom. The van der Waals surface area contributed by atoms with Crippen LogP contribution in [-0.4, -0.2) is 55.9 Å². The number of hydrogen-bond acceptors (Lipinski definition) is 4. The van der Waals surface area contributed by atoms with Gasteiger partial charge in [0.2, 0.25) is 0 Å². The van der Waals surface area contributed by atoms with Crippen LogP contribution in [0.5, 0.6) is 5.75 Å². The number of nitrogens with one attached hydrogen (secondary N) is 1. The zero-order chi connectivity index (χ0) is 28.3. The Bertz CT molecular complexity index is 1340. The lowest BCUT2D eigenvalue weighted by Crippen LogP contribution is -2.35. The van der Waals surface area contributed by atoms with Crippen LogP contribution < -0.4 is 10.1 Å². The van der Waals surface area contributed by atoms with Crippen LogP contribution >= 0.6 is 0 Å². The number of ether oxygens (including phenoxy) is 1. The summed E-state index contributed by atoms with van der Waals surface area (Å²) in [5.74, 6) is 0.821. The second kappa shape index (κ2) is 14.8. The van der Waals surface area contributed by atoms with Gasteiger partial charge in [0.05, 0.1) is 0 Å². The average molecular weight is 537 g/mol. The van der Waals surface area contributed by atoms with Gasteiger partial charge in [0.15, 0.2) is 0 Å². The van der Waals surface area contributed by atoms with Gasteiger partial charge in [-0.3, -0.25) is 0 Å². The monoisotopic (exact) mass is 536 g/mol. The predicted octanol–water partition coefficient (Wildman–Crippen LogP) is 6.75. The van der Waals surface area contributed by atoms with Gasteiger partial charge in [-0.05, 0) is 72.6 Å². The first kappa shape index (κ1) is 29.5. The third-order valence-electron chi connectivity index (χ3n) is 7.15. The second-order valence-electron chi connectivity index (χ2n) is 11.0. The van der Waals surface area contributed by atoms with E-state index in [-0.39, 0.29) is 0 Å². The zero-order valence-corrected chi connectivity index (χ0v) is 24.4. The van der Waals surface area contributed by atoms with E-state index < -0.39 is 6.10 Å². The molecule has 4 nitrogen and oxygen atoms in total. The summed E-state index contributed by atoms with van der Waals surface area (Å²) < 4.78 is 5.72. The molecule has 1 atom stereocenters. The van der Waals surface area contributed by atoms with Gasteiger partial charge in [0, 0.05) is 24.5 Å². The average Bonchev–Trinajstić information content (AvgIpc) is 3.12. The van der Waals surface area contributed by atoms with E-state index >= 15 is 0 Å². The SMILES string of the molecule is CC(C)NCC(O)COc1cccc2ccccc12.CN(C)CCC=C1c2ccccc2CCc2ccccc21. The third kappa shape index (κ3) is 8.28. The van der Waals surface area contributed by atoms with Crippen LogP contribution in [0.1, 0.15) is 42.5 Å². The standard InChI is InChI=1S/C20H23N.C16H21NO2/c1-21(2)15-7-12-20-18-10-5-3-8-16(18)13-14-17-9-4-6-11-19(17)20;1-12(2)17-10-14(18)11-19-16-9-5-7-13-6-3-4-8-15(13)16/h3-6,8-12H,7,13-15H2,1-2H3;3-9,12,14,17-18H,10-11H2,1-2H3. The maximum Gasteiger partial charge on any atom is 0.127 e. The van der Waals surface area contributed by atoms with E-state index in [1.165, 1.54) is 27.8 Å². The number of benzene rings is 4. The Morgan fingerprint density at radius 1 is 0.825 bits per heavy atom. The van der Waals surface area contributed by atoms with E-state index in [4.69, 9.17) is 4.74 Å². The second-order valence-corrected chi connectivity index (χ2v) is 11.0. The van der Waals surface area contributed by atoms with Crippen molar-refractivity contribution in [1.82, 2.24) is 10.2 Å². The molecule has 40 heavy (non-hydrogen) atoms. The molecule has 0 bridgehead atoms. The summed E-state index contributed by atoms with van der Waals surface area (Å²) in [6.07, 6.45) is 5.28. The molecule has 0 spiro atoms. The van der Waals surface area contributed by atoms with Crippen molar-refractivity contribution in [2.75, 3.05) is 33.8 Å². The van der Waals surface area contributed by atoms with E-state index in [0.717, 1.165) is 42.3 Å². The number of fused-ring (bicyclic) bond motifs is 3. The van der Waals surface area contributed by atoms with Gasteiger partial charge in [-0.2, -0.15) is 0 Å². The van der Waals surface area contributed by atoms with E-state index in [9.17, 15) is 5.11 Å². The molecule has 0 radical (unpaired) electrons. The smallest absolute Gasteiger partial charge is 0.127 e. The maximum atomic E-state index is 9.84. The topological polar surface area (TPSA) is 44.7 Å². The molecule has 1 unspecified atom stereocenters. The minimum Gasteiger partial charge on any atom is -0.490 e. The molecule has 5 rings (SSSR count). The lowest BCUT2D eigenvalue weighted by molar-refractivity contribution is 0.105. The van der Waals surface area contributed by atoms with Gasteiger partial charge in [-0.25, -0.2) is 0 Å². The number of aliphatic hydroxyl groups is 1. The molecule has 0 aliphatic heterocycles. The summed E-state index contributed by atoms with van der Waals surface area (Å²) in [7, 11) is 4.26. The van der Waals surface area contributed by atoms with Gasteiger partial charge in [0.1, 0.15) is 18.5 Å². The van der Waals surface area contributed by atoms with Crippen molar-refractivity contribution in [3.63, 3.8) is 0 Å². The van der Waals surface area contributed by atoms with E-state index in [0.29, 0.717) is 19.2 Å². The highest BCUT2D eigenvalue weighted by Gasteiger charge is 2.17. The highest BCUT2D eigenvalue weighted by Crippen LogP contribution is 2.33. The Kier molecular flexibility index (Phi) is 10.9. The summed E-state index contributed by atoms with van der Waals surface area (Å²) in [4.78, 5) is 2.24. The molecule has 0 fully saturated rings. The molecule has 2 N–H and O–H groups in total. The van der Waals surface area contributed by atoms with E-state index in [2.05, 4.69) is 105 Å². The molecule has 0 aromatic heterocycles. The number of hydrogen-bond donors (Lipinski definition) is 2. The molecule has 1 aliphatic carbocycles. The summed E-state index contributed by atoms with van der Waals surface area (Å²) in [5.41, 5.74) is 7.21. The van der Waals surface area contributed by atoms with Gasteiger partial charge in [-0.1, -0.05) is 105 Å². The minimum atomic E-state index is -0.499. The third-order valence-corrected chi connectivity index (χ3v) is 7.15. The van der Waals surface area contributed by atoms with Crippen molar-refractivity contribution in [2.24, 2.45) is 0 Å². The Labute approximate surface area is 240 Å². The first-order valence-electron chi connectivity index (χ1n) is 14.5. The normalized spacial score (nSPS) is 13.2. The van der Waals surface area contributed by atoms with Gasteiger partial charge < -0.3 is 20.1 Å². The van der Waals surface area contributed by atoms with Crippen LogP contribution in [0.2, 0.25) is 0 Å². The quantitative estimate of drug-likeness (QED) is 0.249. The largest absolute Gasteiger partial charge is 0.490 e. The maximum absolute atomic E-state index is 9.84. The lowest BCUT2D eigenvalue weighted by Gasteiger charge is -2.15. The fraction of sp³-hybridized carbons (Fsp3) is 0.333. The minimum absolute atomic E-state index is 0.299. The number of aliphatic hydroxyl groups excluding tert-OH is 1. The van der Waals surface area contributed by atoms with Crippen molar-refractivity contribution in [1.29, 1.82) is 0 Å². The molecular formula is C36H44N2O2. The van der Waals surface area contributed by atoms with Crippen LogP contribution in [0, 0.1) is 0 Å². The number of rotatable bonds is 9. The van der Waals surface area contributed by atoms with Crippen molar-refractivity contribution in [2.45, 2.75) is 45.3 Å². The molecule has 0 saturated heterocycles. The van der Waals surface area contributed by atoms with Crippen molar-refractivity contribution < 1.29 is 9.84 Å². The molecule has 210 valence electrons. The first-order chi connectivity index (χ1) is 19.4. The fourth-order valence-electron chi connectivity index (χ4n) is 5.04. The highest BCUT2D eigenvalue weighted by molar-refractivity contribution is 5.88. The van der Waals surface area contributed by atoms with Crippen LogP contribution in [0.25, 0.3) is 16.3 Å². The van der Waals surface area contributed by atoms with Gasteiger partial charge in [0.25, 0.3) is 0 Å². The van der Waals surface area contributed by atoms with E-state index in [1.54, 1.807) is 0 Å². The van der Waals surface area contributed by atoms with Crippen LogP contribution in [0.4, 0.5) is 0 Å². The molecule has 0 amide bonds. The van der Waals surface area contributed by atoms with Gasteiger partial charge >= 0.3 is 0 Å². The molecule has 0 saturated carbocycles. The molecule has 4 aromatic rings. The Morgan fingerprint density at radius 3 is 2.08 bits per heavy atom. The van der Waals surface area contributed by atoms with Crippen LogP contribution in [-0.2, 0) is 12.8 Å². The summed E-state index contributed by atoms with van der Waals surface area (Å²) in [6.45, 7) is 6.04. The fourth-order valence-corrected chi connectivity index (χ4v) is 5.04. The lowest BCUT2D eigenvalue weighted by atomic mass is 9.93. The zero-order valence-electron chi connectivity index (χ0n) is 24.4. The summed E-state index contributed by atoms with van der Waals surface area (Å²) in [6, 6.07) is 32.2. The number of nitrogens with zero attached hydrogens (tertiary/aromatic N) is 1. The predicted molar refractivity (Wildman–Crippen MR) is 169 cm³/mol. The molecular weight excluding hydrogens is 492 g/mol. The molecule has 0 heterocycles. The van der Waals surface area contributed by atoms with Crippen molar-refractivity contribution >= 4 is 16.3 Å².